The van der Waals surface area contributed by atoms with Crippen LogP contribution in [0.4, 0.5) is 0 Å². The fourth-order valence-electron chi connectivity index (χ4n) is 1.50. The van der Waals surface area contributed by atoms with Crippen molar-refractivity contribution >= 4 is 0 Å². The predicted molar refractivity (Wildman–Crippen MR) is 64.9 cm³/mol. The van der Waals surface area contributed by atoms with Gasteiger partial charge in [0.25, 0.3) is 0 Å². The molecule has 0 saturated heterocycles. The number of aromatic nitrogens is 2. The zero-order valence-corrected chi connectivity index (χ0v) is 9.78. The smallest absolute Gasteiger partial charge is 0.119 e. The van der Waals surface area contributed by atoms with E-state index < -0.39 is 6.10 Å². The Hall–Kier alpha value is -1.81. The van der Waals surface area contributed by atoms with Crippen LogP contribution in [-0.4, -0.2) is 27.6 Å². The maximum absolute atomic E-state index is 9.75. The van der Waals surface area contributed by atoms with Gasteiger partial charge in [-0.2, -0.15) is 5.10 Å². The van der Waals surface area contributed by atoms with E-state index >= 15 is 0 Å². The van der Waals surface area contributed by atoms with Crippen molar-refractivity contribution < 1.29 is 9.84 Å². The summed E-state index contributed by atoms with van der Waals surface area (Å²) in [5, 5.41) is 13.8. The Morgan fingerprint density at radius 3 is 2.76 bits per heavy atom. The van der Waals surface area contributed by atoms with Crippen molar-refractivity contribution in [1.29, 1.82) is 0 Å². The van der Waals surface area contributed by atoms with Crippen LogP contribution in [-0.2, 0) is 6.54 Å². The summed E-state index contributed by atoms with van der Waals surface area (Å²) in [6.07, 6.45) is 2.94. The molecule has 1 unspecified atom stereocenters. The van der Waals surface area contributed by atoms with E-state index in [9.17, 15) is 5.11 Å². The third kappa shape index (κ3) is 3.60. The molecule has 4 nitrogen and oxygen atoms in total. The molecule has 1 aromatic heterocycles. The third-order valence-electron chi connectivity index (χ3n) is 2.42. The second-order valence-electron chi connectivity index (χ2n) is 4.01. The maximum atomic E-state index is 9.75. The lowest BCUT2D eigenvalue weighted by Gasteiger charge is -2.12. The molecule has 17 heavy (non-hydrogen) atoms. The lowest BCUT2D eigenvalue weighted by Crippen LogP contribution is -2.23. The van der Waals surface area contributed by atoms with Gasteiger partial charge in [-0.1, -0.05) is 17.7 Å². The van der Waals surface area contributed by atoms with Crippen LogP contribution in [0.2, 0.25) is 0 Å². The number of aryl methyl sites for hydroxylation is 1. The zero-order valence-electron chi connectivity index (χ0n) is 9.78. The van der Waals surface area contributed by atoms with E-state index in [0.29, 0.717) is 6.54 Å². The molecule has 0 fully saturated rings. The third-order valence-corrected chi connectivity index (χ3v) is 2.42. The van der Waals surface area contributed by atoms with Crippen molar-refractivity contribution in [3.63, 3.8) is 0 Å². The van der Waals surface area contributed by atoms with Crippen molar-refractivity contribution in [3.8, 4) is 5.75 Å². The summed E-state index contributed by atoms with van der Waals surface area (Å²) in [5.41, 5.74) is 1.19. The predicted octanol–water partition coefficient (Wildman–Crippen LogP) is 1.63. The fourth-order valence-corrected chi connectivity index (χ4v) is 1.50. The highest BCUT2D eigenvalue weighted by Crippen LogP contribution is 2.11. The lowest BCUT2D eigenvalue weighted by atomic mass is 10.2. The zero-order chi connectivity index (χ0) is 12.1. The largest absolute Gasteiger partial charge is 0.491 e. The minimum Gasteiger partial charge on any atom is -0.491 e. The quantitative estimate of drug-likeness (QED) is 0.852. The van der Waals surface area contributed by atoms with Crippen LogP contribution in [0.5, 0.6) is 5.75 Å². The molecule has 0 spiro atoms. The second-order valence-corrected chi connectivity index (χ2v) is 4.01. The van der Waals surface area contributed by atoms with E-state index in [1.165, 1.54) is 5.56 Å². The van der Waals surface area contributed by atoms with Crippen LogP contribution in [0, 0.1) is 6.92 Å². The van der Waals surface area contributed by atoms with Gasteiger partial charge in [-0.3, -0.25) is 4.68 Å². The summed E-state index contributed by atoms with van der Waals surface area (Å²) in [7, 11) is 0. The Morgan fingerprint density at radius 2 is 2.12 bits per heavy atom. The molecule has 0 saturated carbocycles. The molecule has 1 N–H and O–H groups in total. The molecule has 1 heterocycles. The van der Waals surface area contributed by atoms with Crippen molar-refractivity contribution in [1.82, 2.24) is 9.78 Å². The molecule has 0 aliphatic carbocycles. The average Bonchev–Trinajstić information content (AvgIpc) is 2.81. The standard InChI is InChI=1S/C13H16N2O2/c1-11-3-5-13(6-4-11)17-10-12(16)9-15-8-2-7-14-15/h2-8,12,16H,9-10H2,1H3. The molecular weight excluding hydrogens is 216 g/mol. The summed E-state index contributed by atoms with van der Waals surface area (Å²) in [4.78, 5) is 0. The maximum Gasteiger partial charge on any atom is 0.119 e. The highest BCUT2D eigenvalue weighted by atomic mass is 16.5. The highest BCUT2D eigenvalue weighted by Gasteiger charge is 2.06. The Kier molecular flexibility index (Phi) is 3.77. The molecule has 2 aromatic rings. The van der Waals surface area contributed by atoms with Gasteiger partial charge >= 0.3 is 0 Å². The summed E-state index contributed by atoms with van der Waals surface area (Å²) < 4.78 is 7.16. The molecule has 1 atom stereocenters. The van der Waals surface area contributed by atoms with Gasteiger partial charge in [-0.05, 0) is 25.1 Å². The van der Waals surface area contributed by atoms with Gasteiger partial charge in [0.05, 0.1) is 6.54 Å². The second kappa shape index (κ2) is 5.50. The number of hydrogen-bond acceptors (Lipinski definition) is 3. The van der Waals surface area contributed by atoms with Crippen LogP contribution in [0.3, 0.4) is 0 Å². The first kappa shape index (κ1) is 11.7. The molecule has 90 valence electrons. The van der Waals surface area contributed by atoms with Crippen LogP contribution in [0.15, 0.2) is 42.7 Å². The highest BCUT2D eigenvalue weighted by molar-refractivity contribution is 5.26. The summed E-state index contributed by atoms with van der Waals surface area (Å²) in [6.45, 7) is 2.73. The molecule has 0 aliphatic heterocycles. The Labute approximate surface area is 100 Å². The SMILES string of the molecule is Cc1ccc(OCC(O)Cn2cccn2)cc1. The Morgan fingerprint density at radius 1 is 1.35 bits per heavy atom. The minimum absolute atomic E-state index is 0.267. The number of aliphatic hydroxyl groups is 1. The molecule has 1 aromatic carbocycles. The first-order valence-corrected chi connectivity index (χ1v) is 5.59. The molecular formula is C13H16N2O2. The van der Waals surface area contributed by atoms with Crippen LogP contribution < -0.4 is 4.74 Å². The molecule has 0 aliphatic rings. The fraction of sp³-hybridized carbons (Fsp3) is 0.308. The molecule has 0 radical (unpaired) electrons. The minimum atomic E-state index is -0.559. The van der Waals surface area contributed by atoms with E-state index in [2.05, 4.69) is 5.10 Å². The summed E-state index contributed by atoms with van der Waals surface area (Å²) in [6, 6.07) is 9.59. The number of nitrogens with zero attached hydrogens (tertiary/aromatic N) is 2. The number of rotatable bonds is 5. The van der Waals surface area contributed by atoms with Crippen LogP contribution in [0.1, 0.15) is 5.56 Å². The van der Waals surface area contributed by atoms with E-state index in [-0.39, 0.29) is 6.61 Å². The van der Waals surface area contributed by atoms with E-state index in [4.69, 9.17) is 4.74 Å². The van der Waals surface area contributed by atoms with Crippen LogP contribution >= 0.6 is 0 Å². The van der Waals surface area contributed by atoms with Gasteiger partial charge in [-0.15, -0.1) is 0 Å². The van der Waals surface area contributed by atoms with Crippen molar-refractivity contribution in [2.75, 3.05) is 6.61 Å². The molecule has 4 heteroatoms. The topological polar surface area (TPSA) is 47.3 Å². The lowest BCUT2D eigenvalue weighted by molar-refractivity contribution is 0.0893. The van der Waals surface area contributed by atoms with Crippen molar-refractivity contribution in [2.45, 2.75) is 19.6 Å². The molecule has 2 rings (SSSR count). The number of benzene rings is 1. The monoisotopic (exact) mass is 232 g/mol. The Balaban J connectivity index is 1.79. The number of ether oxygens (including phenoxy) is 1. The van der Waals surface area contributed by atoms with Gasteiger partial charge in [0.2, 0.25) is 0 Å². The van der Waals surface area contributed by atoms with E-state index in [1.807, 2.05) is 43.5 Å². The number of aliphatic hydroxyl groups excluding tert-OH is 1. The van der Waals surface area contributed by atoms with Crippen LogP contribution in [0.25, 0.3) is 0 Å². The van der Waals surface area contributed by atoms with Gasteiger partial charge in [-0.25, -0.2) is 0 Å². The summed E-state index contributed by atoms with van der Waals surface area (Å²) >= 11 is 0. The van der Waals surface area contributed by atoms with Gasteiger partial charge in [0.1, 0.15) is 18.5 Å². The van der Waals surface area contributed by atoms with Crippen molar-refractivity contribution in [3.05, 3.63) is 48.3 Å². The first-order valence-electron chi connectivity index (χ1n) is 5.59. The van der Waals surface area contributed by atoms with Gasteiger partial charge in [0.15, 0.2) is 0 Å². The van der Waals surface area contributed by atoms with E-state index in [0.717, 1.165) is 5.75 Å². The Bertz CT molecular complexity index is 437. The normalized spacial score (nSPS) is 12.4. The summed E-state index contributed by atoms with van der Waals surface area (Å²) in [5.74, 6) is 0.773. The first-order chi connectivity index (χ1) is 8.24. The molecule has 0 bridgehead atoms. The van der Waals surface area contributed by atoms with Crippen molar-refractivity contribution in [2.24, 2.45) is 0 Å². The van der Waals surface area contributed by atoms with Gasteiger partial charge in [0, 0.05) is 12.4 Å². The average molecular weight is 232 g/mol. The van der Waals surface area contributed by atoms with Gasteiger partial charge < -0.3 is 9.84 Å². The van der Waals surface area contributed by atoms with E-state index in [1.54, 1.807) is 10.9 Å². The molecule has 0 amide bonds. The number of hydrogen-bond donors (Lipinski definition) is 1.